The van der Waals surface area contributed by atoms with E-state index in [9.17, 15) is 14.8 Å². The summed E-state index contributed by atoms with van der Waals surface area (Å²) in [6.45, 7) is 11.6. The lowest BCUT2D eigenvalue weighted by Gasteiger charge is -2.23. The number of nitroso groups, excluding NO2 is 1. The molecule has 1 N–H and O–H groups in total. The highest BCUT2D eigenvalue weighted by molar-refractivity contribution is 6.09. The molecule has 8 nitrogen and oxygen atoms in total. The number of allylic oxidation sites excluding steroid dienone is 1. The number of aliphatic hydroxyl groups excluding tert-OH is 1. The zero-order valence-electron chi connectivity index (χ0n) is 18.0. The zero-order valence-corrected chi connectivity index (χ0v) is 18.0. The smallest absolute Gasteiger partial charge is 0.269 e. The lowest BCUT2D eigenvalue weighted by atomic mass is 9.83. The second kappa shape index (κ2) is 10.0. The molecular formula is C22H29N3O5. The van der Waals surface area contributed by atoms with Gasteiger partial charge in [0.1, 0.15) is 5.82 Å². The Morgan fingerprint density at radius 2 is 2.13 bits per heavy atom. The van der Waals surface area contributed by atoms with Crippen LogP contribution in [0.1, 0.15) is 52.5 Å². The van der Waals surface area contributed by atoms with Crippen molar-refractivity contribution in [3.05, 3.63) is 64.3 Å². The number of carbonyl (C=O) groups excluding carboxylic acids is 1. The minimum absolute atomic E-state index is 0.0152. The first-order chi connectivity index (χ1) is 14.5. The average molecular weight is 415 g/mol. The minimum Gasteiger partial charge on any atom is -0.512 e. The van der Waals surface area contributed by atoms with Crippen molar-refractivity contribution >= 4 is 11.7 Å². The molecular weight excluding hydrogens is 386 g/mol. The molecule has 1 atom stereocenters. The molecule has 30 heavy (non-hydrogen) atoms. The fraction of sp³-hybridized carbons (Fsp3) is 0.455. The van der Waals surface area contributed by atoms with Crippen molar-refractivity contribution in [1.29, 1.82) is 0 Å². The number of nitrogens with zero attached hydrogens (tertiary/aromatic N) is 3. The SMILES string of the molecule is C=C1OCO/C1=C\C(=C(/C)O)C1(N=O)C(=O)N(CCCCC)c2ncccc21.CC. The molecule has 3 rings (SSSR count). The summed E-state index contributed by atoms with van der Waals surface area (Å²) >= 11 is 0. The molecule has 162 valence electrons. The lowest BCUT2D eigenvalue weighted by molar-refractivity contribution is -0.121. The Kier molecular flexibility index (Phi) is 7.74. The minimum atomic E-state index is -1.95. The van der Waals surface area contributed by atoms with Gasteiger partial charge in [-0.25, -0.2) is 4.98 Å². The van der Waals surface area contributed by atoms with E-state index in [1.165, 1.54) is 17.9 Å². The molecule has 1 aromatic rings. The van der Waals surface area contributed by atoms with Crippen LogP contribution in [0.15, 0.2) is 59.0 Å². The first kappa shape index (κ1) is 23.1. The molecule has 1 fully saturated rings. The molecule has 2 aliphatic rings. The van der Waals surface area contributed by atoms with Crippen molar-refractivity contribution in [1.82, 2.24) is 4.98 Å². The van der Waals surface area contributed by atoms with Gasteiger partial charge in [0.15, 0.2) is 11.5 Å². The standard InChI is InChI=1S/C20H23N3O5.C2H6/c1-4-5-6-10-23-18-15(8-7-9-21-18)20(22-26,19(23)25)16(13(2)24)11-17-14(3)27-12-28-17;1-2/h7-9,11,24H,3-6,10,12H2,1-2H3;1-2H3/b16-13-,17-11-;. The second-order valence-corrected chi connectivity index (χ2v) is 6.68. The van der Waals surface area contributed by atoms with E-state index < -0.39 is 11.4 Å². The van der Waals surface area contributed by atoms with E-state index in [-0.39, 0.29) is 29.6 Å². The molecule has 8 heteroatoms. The fourth-order valence-electron chi connectivity index (χ4n) is 3.47. The van der Waals surface area contributed by atoms with Gasteiger partial charge in [0.2, 0.25) is 12.3 Å². The van der Waals surface area contributed by atoms with E-state index in [4.69, 9.17) is 9.47 Å². The number of rotatable bonds is 7. The zero-order chi connectivity index (χ0) is 22.3. The van der Waals surface area contributed by atoms with Crippen LogP contribution in [0.3, 0.4) is 0 Å². The van der Waals surface area contributed by atoms with Crippen LogP contribution in [0.5, 0.6) is 0 Å². The summed E-state index contributed by atoms with van der Waals surface area (Å²) in [5.41, 5.74) is -1.61. The number of carbonyl (C=O) groups is 1. The third-order valence-corrected chi connectivity index (χ3v) is 4.89. The van der Waals surface area contributed by atoms with Crippen LogP contribution >= 0.6 is 0 Å². The van der Waals surface area contributed by atoms with Crippen molar-refractivity contribution < 1.29 is 19.4 Å². The topological polar surface area (TPSA) is 101 Å². The quantitative estimate of drug-likeness (QED) is 0.388. The van der Waals surface area contributed by atoms with Crippen molar-refractivity contribution in [2.24, 2.45) is 5.18 Å². The van der Waals surface area contributed by atoms with E-state index in [1.54, 1.807) is 18.3 Å². The highest BCUT2D eigenvalue weighted by Crippen LogP contribution is 2.48. The molecule has 0 bridgehead atoms. The number of anilines is 1. The van der Waals surface area contributed by atoms with Gasteiger partial charge in [0.05, 0.1) is 5.76 Å². The number of hydrogen-bond donors (Lipinski definition) is 1. The molecule has 0 aromatic carbocycles. The Bertz CT molecular complexity index is 873. The van der Waals surface area contributed by atoms with Gasteiger partial charge in [-0.2, -0.15) is 0 Å². The highest BCUT2D eigenvalue weighted by atomic mass is 16.7. The van der Waals surface area contributed by atoms with Crippen LogP contribution in [-0.2, 0) is 19.8 Å². The molecule has 1 amide bonds. The molecule has 3 heterocycles. The molecule has 0 aliphatic carbocycles. The predicted molar refractivity (Wildman–Crippen MR) is 115 cm³/mol. The van der Waals surface area contributed by atoms with Crippen molar-refractivity contribution in [3.8, 4) is 0 Å². The van der Waals surface area contributed by atoms with Crippen molar-refractivity contribution in [3.63, 3.8) is 0 Å². The lowest BCUT2D eigenvalue weighted by Crippen LogP contribution is -2.41. The first-order valence-electron chi connectivity index (χ1n) is 10.2. The maximum Gasteiger partial charge on any atom is 0.269 e. The van der Waals surface area contributed by atoms with Crippen LogP contribution in [0.2, 0.25) is 0 Å². The molecule has 0 saturated carbocycles. The van der Waals surface area contributed by atoms with Gasteiger partial charge in [-0.15, -0.1) is 4.91 Å². The Morgan fingerprint density at radius 1 is 1.40 bits per heavy atom. The number of amides is 1. The Balaban J connectivity index is 0.00000155. The van der Waals surface area contributed by atoms with E-state index in [1.807, 2.05) is 13.8 Å². The number of unbranched alkanes of at least 4 members (excludes halogenated alkanes) is 2. The maximum absolute atomic E-state index is 13.4. The van der Waals surface area contributed by atoms with Gasteiger partial charge in [0.25, 0.3) is 5.91 Å². The Morgan fingerprint density at radius 3 is 2.70 bits per heavy atom. The van der Waals surface area contributed by atoms with E-state index in [2.05, 4.69) is 23.7 Å². The van der Waals surface area contributed by atoms with Crippen molar-refractivity contribution in [2.75, 3.05) is 18.2 Å². The summed E-state index contributed by atoms with van der Waals surface area (Å²) in [6, 6.07) is 3.26. The van der Waals surface area contributed by atoms with Crippen LogP contribution in [-0.4, -0.2) is 29.3 Å². The van der Waals surface area contributed by atoms with Crippen LogP contribution in [0, 0.1) is 4.91 Å². The number of aliphatic hydroxyl groups is 1. The normalized spacial score (nSPS) is 22.0. The summed E-state index contributed by atoms with van der Waals surface area (Å²) < 4.78 is 10.5. The second-order valence-electron chi connectivity index (χ2n) is 6.68. The number of aromatic nitrogens is 1. The van der Waals surface area contributed by atoms with Crippen LogP contribution in [0.4, 0.5) is 5.82 Å². The molecule has 2 aliphatic heterocycles. The number of ether oxygens (including phenoxy) is 2. The Labute approximate surface area is 176 Å². The van der Waals surface area contributed by atoms with Gasteiger partial charge >= 0.3 is 0 Å². The molecule has 1 aromatic heterocycles. The summed E-state index contributed by atoms with van der Waals surface area (Å²) in [5.74, 6) is 0.0827. The van der Waals surface area contributed by atoms with Gasteiger partial charge in [0, 0.05) is 23.9 Å². The number of pyridine rings is 1. The van der Waals surface area contributed by atoms with Gasteiger partial charge in [-0.05, 0) is 30.7 Å². The molecule has 0 radical (unpaired) electrons. The Hall–Kier alpha value is -3.16. The summed E-state index contributed by atoms with van der Waals surface area (Å²) in [4.78, 5) is 31.4. The first-order valence-corrected chi connectivity index (χ1v) is 10.2. The number of hydrogen-bond acceptors (Lipinski definition) is 7. The number of fused-ring (bicyclic) bond motifs is 1. The maximum atomic E-state index is 13.4. The monoisotopic (exact) mass is 415 g/mol. The summed E-state index contributed by atoms with van der Waals surface area (Å²) in [7, 11) is 0. The van der Waals surface area contributed by atoms with Crippen LogP contribution < -0.4 is 4.90 Å². The third kappa shape index (κ3) is 3.94. The highest BCUT2D eigenvalue weighted by Gasteiger charge is 2.56. The molecule has 1 unspecified atom stereocenters. The predicted octanol–water partition coefficient (Wildman–Crippen LogP) is 4.84. The molecule has 1 saturated heterocycles. The van der Waals surface area contributed by atoms with E-state index >= 15 is 0 Å². The van der Waals surface area contributed by atoms with Gasteiger partial charge in [-0.3, -0.25) is 9.69 Å². The third-order valence-electron chi connectivity index (χ3n) is 4.89. The van der Waals surface area contributed by atoms with Gasteiger partial charge in [-0.1, -0.05) is 46.3 Å². The molecule has 0 spiro atoms. The largest absolute Gasteiger partial charge is 0.512 e. The van der Waals surface area contributed by atoms with E-state index in [0.717, 1.165) is 19.3 Å². The van der Waals surface area contributed by atoms with Crippen LogP contribution in [0.25, 0.3) is 0 Å². The van der Waals surface area contributed by atoms with E-state index in [0.29, 0.717) is 17.9 Å². The van der Waals surface area contributed by atoms with Gasteiger partial charge < -0.3 is 14.6 Å². The summed E-state index contributed by atoms with van der Waals surface area (Å²) in [5, 5.41) is 13.6. The fourth-order valence-corrected chi connectivity index (χ4v) is 3.47. The van der Waals surface area contributed by atoms with Crippen molar-refractivity contribution in [2.45, 2.75) is 52.5 Å². The summed E-state index contributed by atoms with van der Waals surface area (Å²) in [6.07, 6.45) is 5.63. The average Bonchev–Trinajstić information content (AvgIpc) is 3.27.